The molecule has 3 rings (SSSR count). The zero-order chi connectivity index (χ0) is 15.5. The molecule has 1 aromatic heterocycles. The van der Waals surface area contributed by atoms with E-state index in [0.29, 0.717) is 5.56 Å². The molecule has 0 saturated carbocycles. The zero-order valence-electron chi connectivity index (χ0n) is 11.8. The predicted molar refractivity (Wildman–Crippen MR) is 88.5 cm³/mol. The summed E-state index contributed by atoms with van der Waals surface area (Å²) in [7, 11) is 0. The Labute approximate surface area is 128 Å². The molecular weight excluding hydrogens is 274 g/mol. The minimum atomic E-state index is 0.0537. The summed E-state index contributed by atoms with van der Waals surface area (Å²) >= 11 is 0. The van der Waals surface area contributed by atoms with Gasteiger partial charge in [0.15, 0.2) is 0 Å². The molecule has 0 aliphatic heterocycles. The number of nitrogens with one attached hydrogen (secondary N) is 2. The van der Waals surface area contributed by atoms with Gasteiger partial charge in [-0.05, 0) is 17.7 Å². The second kappa shape index (κ2) is 5.69. The summed E-state index contributed by atoms with van der Waals surface area (Å²) in [5, 5.41) is 14.6. The molecular formula is C18H15N3O. The normalized spacial score (nSPS) is 10.4. The smallest absolute Gasteiger partial charge is 0.134 e. The van der Waals surface area contributed by atoms with Crippen LogP contribution in [0.1, 0.15) is 11.1 Å². The summed E-state index contributed by atoms with van der Waals surface area (Å²) in [5.74, 6) is 1.60. The van der Waals surface area contributed by atoms with Crippen LogP contribution in [0.15, 0.2) is 65.1 Å². The quantitative estimate of drug-likeness (QED) is 0.502. The monoisotopic (exact) mass is 289 g/mol. The van der Waals surface area contributed by atoms with E-state index in [1.54, 1.807) is 12.1 Å². The summed E-state index contributed by atoms with van der Waals surface area (Å²) < 4.78 is 5.89. The number of amidine groups is 1. The van der Waals surface area contributed by atoms with Crippen molar-refractivity contribution in [1.29, 1.82) is 10.8 Å². The first-order chi connectivity index (χ1) is 10.7. The molecule has 4 nitrogen and oxygen atoms in total. The second-order valence-corrected chi connectivity index (χ2v) is 4.92. The van der Waals surface area contributed by atoms with Gasteiger partial charge in [0.2, 0.25) is 0 Å². The Morgan fingerprint density at radius 1 is 0.818 bits per heavy atom. The molecule has 0 spiro atoms. The van der Waals surface area contributed by atoms with Crippen molar-refractivity contribution in [2.45, 2.75) is 0 Å². The third kappa shape index (κ3) is 2.67. The van der Waals surface area contributed by atoms with Crippen LogP contribution in [-0.4, -0.2) is 12.1 Å². The van der Waals surface area contributed by atoms with Gasteiger partial charge in [0.05, 0.1) is 0 Å². The van der Waals surface area contributed by atoms with Crippen LogP contribution < -0.4 is 5.73 Å². The van der Waals surface area contributed by atoms with E-state index >= 15 is 0 Å². The lowest BCUT2D eigenvalue weighted by molar-refractivity contribution is 0.597. The van der Waals surface area contributed by atoms with Gasteiger partial charge in [0.1, 0.15) is 17.4 Å². The lowest BCUT2D eigenvalue weighted by Crippen LogP contribution is -2.10. The lowest BCUT2D eigenvalue weighted by atomic mass is 10.1. The van der Waals surface area contributed by atoms with Crippen LogP contribution in [0.2, 0.25) is 0 Å². The van der Waals surface area contributed by atoms with Gasteiger partial charge >= 0.3 is 0 Å². The first-order valence-electron chi connectivity index (χ1n) is 6.83. The van der Waals surface area contributed by atoms with E-state index in [9.17, 15) is 0 Å². The molecule has 0 aliphatic rings. The van der Waals surface area contributed by atoms with Crippen LogP contribution in [0.4, 0.5) is 0 Å². The van der Waals surface area contributed by atoms with E-state index in [1.807, 2.05) is 48.5 Å². The van der Waals surface area contributed by atoms with Crippen LogP contribution in [0.25, 0.3) is 22.6 Å². The van der Waals surface area contributed by atoms with E-state index in [1.165, 1.54) is 6.21 Å². The third-order valence-electron chi connectivity index (χ3n) is 3.45. The molecule has 1 heterocycles. The maximum atomic E-state index is 7.40. The minimum Gasteiger partial charge on any atom is -0.456 e. The van der Waals surface area contributed by atoms with Crippen LogP contribution in [0.5, 0.6) is 0 Å². The van der Waals surface area contributed by atoms with Gasteiger partial charge in [-0.1, -0.05) is 48.5 Å². The van der Waals surface area contributed by atoms with Gasteiger partial charge < -0.3 is 15.6 Å². The summed E-state index contributed by atoms with van der Waals surface area (Å²) in [6, 6.07) is 18.9. The lowest BCUT2D eigenvalue weighted by Gasteiger charge is -2.01. The maximum Gasteiger partial charge on any atom is 0.134 e. The number of hydrogen-bond acceptors (Lipinski definition) is 3. The molecule has 0 radical (unpaired) electrons. The molecule has 0 saturated heterocycles. The fourth-order valence-corrected chi connectivity index (χ4v) is 2.21. The first kappa shape index (κ1) is 13.8. The molecule has 0 atom stereocenters. The number of rotatable bonds is 4. The molecule has 2 aromatic carbocycles. The van der Waals surface area contributed by atoms with E-state index < -0.39 is 0 Å². The molecule has 0 fully saturated rings. The van der Waals surface area contributed by atoms with E-state index in [0.717, 1.165) is 28.2 Å². The number of nitrogen functional groups attached to an aromatic ring is 1. The highest BCUT2D eigenvalue weighted by atomic mass is 16.3. The van der Waals surface area contributed by atoms with Crippen molar-refractivity contribution in [2.75, 3.05) is 0 Å². The molecule has 22 heavy (non-hydrogen) atoms. The largest absolute Gasteiger partial charge is 0.456 e. The van der Waals surface area contributed by atoms with Gasteiger partial charge in [-0.15, -0.1) is 0 Å². The number of nitrogens with two attached hydrogens (primary N) is 1. The zero-order valence-corrected chi connectivity index (χ0v) is 11.8. The summed E-state index contributed by atoms with van der Waals surface area (Å²) in [6.07, 6.45) is 1.31. The topological polar surface area (TPSA) is 86.9 Å². The van der Waals surface area contributed by atoms with E-state index in [2.05, 4.69) is 0 Å². The number of hydrogen-bond donors (Lipinski definition) is 3. The Bertz CT molecular complexity index is 814. The summed E-state index contributed by atoms with van der Waals surface area (Å²) in [4.78, 5) is 0. The number of benzene rings is 2. The van der Waals surface area contributed by atoms with Crippen molar-refractivity contribution in [3.63, 3.8) is 0 Å². The summed E-state index contributed by atoms with van der Waals surface area (Å²) in [6.45, 7) is 0. The Kier molecular flexibility index (Phi) is 3.58. The van der Waals surface area contributed by atoms with Gasteiger partial charge in [-0.25, -0.2) is 0 Å². The minimum absolute atomic E-state index is 0.0537. The number of furan rings is 1. The molecule has 0 amide bonds. The standard InChI is InChI=1S/C18H15N3O/c19-11-12-1-3-13(4-2-12)16-9-10-17(22-16)14-5-7-15(8-6-14)18(20)21/h1-11,19H,(H3,20,21). The molecule has 0 unspecified atom stereocenters. The summed E-state index contributed by atoms with van der Waals surface area (Å²) in [5.41, 5.74) is 8.91. The highest BCUT2D eigenvalue weighted by Gasteiger charge is 2.07. The van der Waals surface area contributed by atoms with Crippen LogP contribution in [0.3, 0.4) is 0 Å². The Morgan fingerprint density at radius 3 is 1.77 bits per heavy atom. The average molecular weight is 289 g/mol. The van der Waals surface area contributed by atoms with Crippen molar-refractivity contribution in [3.8, 4) is 22.6 Å². The van der Waals surface area contributed by atoms with Crippen molar-refractivity contribution in [1.82, 2.24) is 0 Å². The van der Waals surface area contributed by atoms with Crippen LogP contribution in [-0.2, 0) is 0 Å². The van der Waals surface area contributed by atoms with Crippen molar-refractivity contribution >= 4 is 12.1 Å². The van der Waals surface area contributed by atoms with Gasteiger partial charge in [-0.2, -0.15) is 0 Å². The molecule has 3 aromatic rings. The average Bonchev–Trinajstić information content (AvgIpc) is 3.05. The van der Waals surface area contributed by atoms with Crippen molar-refractivity contribution in [3.05, 3.63) is 71.8 Å². The molecule has 4 heteroatoms. The van der Waals surface area contributed by atoms with E-state index in [4.69, 9.17) is 21.0 Å². The van der Waals surface area contributed by atoms with Crippen LogP contribution in [0, 0.1) is 10.8 Å². The second-order valence-electron chi connectivity index (χ2n) is 4.92. The van der Waals surface area contributed by atoms with Crippen molar-refractivity contribution in [2.24, 2.45) is 5.73 Å². The Balaban J connectivity index is 1.89. The first-order valence-corrected chi connectivity index (χ1v) is 6.83. The molecule has 108 valence electrons. The maximum absolute atomic E-state index is 7.40. The fourth-order valence-electron chi connectivity index (χ4n) is 2.21. The SMILES string of the molecule is N=Cc1ccc(-c2ccc(-c3ccc(C(=N)N)cc3)o2)cc1. The highest BCUT2D eigenvalue weighted by molar-refractivity contribution is 5.95. The van der Waals surface area contributed by atoms with Gasteiger partial charge in [0, 0.05) is 22.9 Å². The fraction of sp³-hybridized carbons (Fsp3) is 0. The highest BCUT2D eigenvalue weighted by Crippen LogP contribution is 2.28. The Hall–Kier alpha value is -3.14. The predicted octanol–water partition coefficient (Wildman–Crippen LogP) is 3.90. The van der Waals surface area contributed by atoms with Gasteiger partial charge in [0.25, 0.3) is 0 Å². The van der Waals surface area contributed by atoms with Crippen LogP contribution >= 0.6 is 0 Å². The van der Waals surface area contributed by atoms with Crippen molar-refractivity contribution < 1.29 is 4.42 Å². The van der Waals surface area contributed by atoms with E-state index in [-0.39, 0.29) is 5.84 Å². The molecule has 0 aliphatic carbocycles. The Morgan fingerprint density at radius 2 is 1.32 bits per heavy atom. The van der Waals surface area contributed by atoms with Gasteiger partial charge in [-0.3, -0.25) is 5.41 Å². The molecule has 4 N–H and O–H groups in total. The third-order valence-corrected chi connectivity index (χ3v) is 3.45. The molecule has 0 bridgehead atoms.